The number of allylic oxidation sites excluding steroid dienone is 1. The zero-order chi connectivity index (χ0) is 28.1. The van der Waals surface area contributed by atoms with E-state index in [4.69, 9.17) is 19.9 Å². The van der Waals surface area contributed by atoms with Gasteiger partial charge in [0.1, 0.15) is 6.10 Å². The van der Waals surface area contributed by atoms with Crippen molar-refractivity contribution in [3.05, 3.63) is 12.2 Å². The van der Waals surface area contributed by atoms with Crippen LogP contribution in [-0.2, 0) is 19.0 Å². The molecule has 0 aromatic carbocycles. The van der Waals surface area contributed by atoms with Crippen LogP contribution in [0.25, 0.3) is 0 Å². The molecule has 0 radical (unpaired) electrons. The van der Waals surface area contributed by atoms with Gasteiger partial charge in [0.15, 0.2) is 12.1 Å². The maximum absolute atomic E-state index is 12.9. The lowest BCUT2D eigenvalue weighted by Crippen LogP contribution is -2.62. The van der Waals surface area contributed by atoms with Crippen molar-refractivity contribution in [1.29, 1.82) is 0 Å². The number of rotatable bonds is 11. The van der Waals surface area contributed by atoms with Gasteiger partial charge in [-0.15, -0.1) is 0 Å². The van der Waals surface area contributed by atoms with E-state index >= 15 is 0 Å². The van der Waals surface area contributed by atoms with Gasteiger partial charge in [0, 0.05) is 25.8 Å². The fraction of sp³-hybridized carbons (Fsp3) is 0.885. The lowest BCUT2D eigenvalue weighted by molar-refractivity contribution is -0.307. The minimum atomic E-state index is -1.86. The van der Waals surface area contributed by atoms with Gasteiger partial charge >= 0.3 is 0 Å². The number of aliphatic hydroxyl groups excluding tert-OH is 4. The van der Waals surface area contributed by atoms with E-state index in [1.165, 1.54) is 0 Å². The van der Waals surface area contributed by atoms with E-state index < -0.39 is 72.7 Å². The first-order valence-corrected chi connectivity index (χ1v) is 13.3. The van der Waals surface area contributed by atoms with E-state index in [2.05, 4.69) is 5.32 Å². The monoisotopic (exact) mass is 532 g/mol. The Morgan fingerprint density at radius 2 is 1.84 bits per heavy atom. The van der Waals surface area contributed by atoms with Gasteiger partial charge in [0.2, 0.25) is 5.91 Å². The number of nitrogens with two attached hydrogens (primary N) is 1. The summed E-state index contributed by atoms with van der Waals surface area (Å²) in [7, 11) is 0. The first kappa shape index (κ1) is 32.1. The minimum absolute atomic E-state index is 0.0287. The van der Waals surface area contributed by atoms with Crippen LogP contribution in [0, 0.1) is 17.8 Å². The van der Waals surface area contributed by atoms with Gasteiger partial charge in [-0.25, -0.2) is 0 Å². The predicted molar refractivity (Wildman–Crippen MR) is 136 cm³/mol. The Bertz CT molecular complexity index is 752. The molecule has 11 nitrogen and oxygen atoms in total. The van der Waals surface area contributed by atoms with Crippen LogP contribution in [0.3, 0.4) is 0 Å². The molecule has 2 saturated heterocycles. The van der Waals surface area contributed by atoms with E-state index in [1.54, 1.807) is 33.8 Å². The number of amides is 1. The van der Waals surface area contributed by atoms with E-state index in [0.717, 1.165) is 0 Å². The lowest BCUT2D eigenvalue weighted by Gasteiger charge is -2.46. The maximum atomic E-state index is 12.9. The summed E-state index contributed by atoms with van der Waals surface area (Å²) in [5, 5.41) is 56.0. The molecule has 0 bridgehead atoms. The summed E-state index contributed by atoms with van der Waals surface area (Å²) >= 11 is 0. The summed E-state index contributed by atoms with van der Waals surface area (Å²) in [6.45, 7) is 11.3. The van der Waals surface area contributed by atoms with E-state index in [0.29, 0.717) is 6.54 Å². The number of carbonyl (C=O) groups is 1. The van der Waals surface area contributed by atoms with E-state index in [1.807, 2.05) is 19.9 Å². The average molecular weight is 533 g/mol. The number of hydrogen-bond acceptors (Lipinski definition) is 10. The third-order valence-corrected chi connectivity index (χ3v) is 7.05. The molecule has 11 heteroatoms. The van der Waals surface area contributed by atoms with Crippen LogP contribution >= 0.6 is 0 Å². The summed E-state index contributed by atoms with van der Waals surface area (Å²) in [6, 6.07) is -0.984. The third kappa shape index (κ3) is 8.67. The van der Waals surface area contributed by atoms with Crippen LogP contribution in [0.1, 0.15) is 60.8 Å². The molecule has 2 heterocycles. The Labute approximate surface area is 220 Å². The summed E-state index contributed by atoms with van der Waals surface area (Å²) < 4.78 is 17.8. The zero-order valence-corrected chi connectivity index (χ0v) is 22.9. The summed E-state index contributed by atoms with van der Waals surface area (Å²) in [5.41, 5.74) is 5.96. The molecule has 216 valence electrons. The molecule has 1 amide bonds. The van der Waals surface area contributed by atoms with Gasteiger partial charge in [0.05, 0.1) is 48.6 Å². The summed E-state index contributed by atoms with van der Waals surface area (Å²) in [5.74, 6) is -3.28. The first-order valence-electron chi connectivity index (χ1n) is 13.3. The molecule has 2 aliphatic rings. The molecule has 2 fully saturated rings. The van der Waals surface area contributed by atoms with Crippen LogP contribution in [-0.4, -0.2) is 98.8 Å². The largest absolute Gasteiger partial charge is 0.393 e. The Morgan fingerprint density at radius 1 is 1.19 bits per heavy atom. The quantitative estimate of drug-likeness (QED) is 0.175. The molecule has 0 saturated carbocycles. The maximum Gasteiger partial charge on any atom is 0.228 e. The summed E-state index contributed by atoms with van der Waals surface area (Å²) in [4.78, 5) is 12.9. The predicted octanol–water partition coefficient (Wildman–Crippen LogP) is -0.234. The van der Waals surface area contributed by atoms with Crippen LogP contribution in [0.15, 0.2) is 12.2 Å². The Balaban J connectivity index is 2.34. The van der Waals surface area contributed by atoms with Crippen molar-refractivity contribution in [2.75, 3.05) is 6.54 Å². The molecule has 2 rings (SSSR count). The fourth-order valence-corrected chi connectivity index (χ4v) is 4.74. The first-order chi connectivity index (χ1) is 17.2. The molecular weight excluding hydrogens is 484 g/mol. The molecule has 0 aliphatic carbocycles. The van der Waals surface area contributed by atoms with E-state index in [9.17, 15) is 30.3 Å². The van der Waals surface area contributed by atoms with Crippen molar-refractivity contribution in [1.82, 2.24) is 5.32 Å². The van der Waals surface area contributed by atoms with Gasteiger partial charge in [0.25, 0.3) is 0 Å². The topological polar surface area (TPSA) is 184 Å². The molecule has 2 aliphatic heterocycles. The highest BCUT2D eigenvalue weighted by Gasteiger charge is 2.50. The Hall–Kier alpha value is -1.15. The van der Waals surface area contributed by atoms with Crippen molar-refractivity contribution in [2.24, 2.45) is 23.5 Å². The lowest BCUT2D eigenvalue weighted by atomic mass is 9.81. The molecule has 11 atom stereocenters. The molecule has 0 aromatic heterocycles. The van der Waals surface area contributed by atoms with Gasteiger partial charge in [-0.2, -0.15) is 0 Å². The normalized spacial score (nSPS) is 38.8. The van der Waals surface area contributed by atoms with Crippen LogP contribution < -0.4 is 11.1 Å². The average Bonchev–Trinajstić information content (AvgIpc) is 2.78. The second kappa shape index (κ2) is 13.8. The molecular formula is C26H48N2O9. The van der Waals surface area contributed by atoms with Gasteiger partial charge < -0.3 is 50.8 Å². The van der Waals surface area contributed by atoms with Crippen molar-refractivity contribution in [3.8, 4) is 0 Å². The van der Waals surface area contributed by atoms with Crippen molar-refractivity contribution in [2.45, 2.75) is 122 Å². The standard InChI is InChI=1S/C26H48N2O9/c1-7-28-24(33)20-18(30)12-26(34,11-17(29)14(4)5)37-19(20)10-16(9-8-13(2)3)36-25-23(32)21(27)22(31)15(6)35-25/h8-9,13-23,25,29-32,34H,7,10-12,27H2,1-6H3,(H,28,33)/b9-8+/t15?,16-,17+,18-,19-,20+,21?,22?,23?,25?,26+/m0/s1. The minimum Gasteiger partial charge on any atom is -0.393 e. The Morgan fingerprint density at radius 3 is 2.41 bits per heavy atom. The molecule has 0 spiro atoms. The van der Waals surface area contributed by atoms with Gasteiger partial charge in [-0.05, 0) is 25.7 Å². The van der Waals surface area contributed by atoms with Crippen LogP contribution in [0.2, 0.25) is 0 Å². The van der Waals surface area contributed by atoms with Crippen molar-refractivity contribution < 1.29 is 44.5 Å². The molecule has 37 heavy (non-hydrogen) atoms. The molecule has 0 aromatic rings. The third-order valence-electron chi connectivity index (χ3n) is 7.05. The van der Waals surface area contributed by atoms with Crippen molar-refractivity contribution in [3.63, 3.8) is 0 Å². The van der Waals surface area contributed by atoms with Crippen LogP contribution in [0.5, 0.6) is 0 Å². The second-order valence-electron chi connectivity index (χ2n) is 11.1. The number of ether oxygens (including phenoxy) is 3. The molecule has 8 N–H and O–H groups in total. The number of hydrogen-bond donors (Lipinski definition) is 7. The van der Waals surface area contributed by atoms with Gasteiger partial charge in [-0.3, -0.25) is 4.79 Å². The fourth-order valence-electron chi connectivity index (χ4n) is 4.74. The van der Waals surface area contributed by atoms with Gasteiger partial charge in [-0.1, -0.05) is 39.8 Å². The highest BCUT2D eigenvalue weighted by atomic mass is 16.7. The SMILES string of the molecule is CCNC(=O)[C@H]1[C@H](C[C@H](/C=C/C(C)C)OC2OC(C)C(O)C(N)C2O)O[C@](O)(C[C@@H](O)C(C)C)C[C@@H]1O. The smallest absolute Gasteiger partial charge is 0.228 e. The molecule has 5 unspecified atom stereocenters. The highest BCUT2D eigenvalue weighted by molar-refractivity contribution is 5.80. The highest BCUT2D eigenvalue weighted by Crippen LogP contribution is 2.38. The number of aliphatic hydroxyl groups is 5. The Kier molecular flexibility index (Phi) is 11.9. The van der Waals surface area contributed by atoms with Crippen molar-refractivity contribution >= 4 is 5.91 Å². The number of carbonyl (C=O) groups excluding carboxylic acids is 1. The van der Waals surface area contributed by atoms with Crippen LogP contribution in [0.4, 0.5) is 0 Å². The summed E-state index contributed by atoms with van der Waals surface area (Å²) in [6.07, 6.45) is -4.79. The number of nitrogens with one attached hydrogen (secondary N) is 1. The zero-order valence-electron chi connectivity index (χ0n) is 22.9. The second-order valence-corrected chi connectivity index (χ2v) is 11.1. The van der Waals surface area contributed by atoms with E-state index in [-0.39, 0.29) is 31.1 Å².